The Kier molecular flexibility index (Phi) is 5.89. The van der Waals surface area contributed by atoms with Crippen LogP contribution >= 0.6 is 8.38 Å². The van der Waals surface area contributed by atoms with E-state index in [0.29, 0.717) is 17.1 Å². The van der Waals surface area contributed by atoms with E-state index in [1.807, 2.05) is 72.8 Å². The SMILES string of the molecule is COc1ccc(C(O)P(Oc2ccccc2)Oc2ccccc2)cc1. The van der Waals surface area contributed by atoms with Gasteiger partial charge in [0.05, 0.1) is 7.11 Å². The van der Waals surface area contributed by atoms with Crippen LogP contribution in [0.15, 0.2) is 84.9 Å². The second-order valence-electron chi connectivity index (χ2n) is 5.24. The number of hydrogen-bond acceptors (Lipinski definition) is 4. The minimum Gasteiger partial charge on any atom is -0.497 e. The third-order valence-electron chi connectivity index (χ3n) is 3.49. The minimum atomic E-state index is -1.65. The maximum absolute atomic E-state index is 10.8. The Morgan fingerprint density at radius 1 is 0.680 bits per heavy atom. The number of rotatable bonds is 7. The largest absolute Gasteiger partial charge is 0.497 e. The Balaban J connectivity index is 1.83. The lowest BCUT2D eigenvalue weighted by atomic mass is 10.2. The third-order valence-corrected chi connectivity index (χ3v) is 4.97. The average molecular weight is 354 g/mol. The first kappa shape index (κ1) is 17.3. The number of methoxy groups -OCH3 is 1. The van der Waals surface area contributed by atoms with E-state index < -0.39 is 14.2 Å². The molecule has 4 nitrogen and oxygen atoms in total. The van der Waals surface area contributed by atoms with Crippen LogP contribution in [0.5, 0.6) is 17.2 Å². The van der Waals surface area contributed by atoms with Gasteiger partial charge in [-0.2, -0.15) is 0 Å². The van der Waals surface area contributed by atoms with Crippen molar-refractivity contribution in [1.82, 2.24) is 0 Å². The zero-order chi connectivity index (χ0) is 17.5. The summed E-state index contributed by atoms with van der Waals surface area (Å²) in [5.74, 6) is 1.13. The van der Waals surface area contributed by atoms with E-state index in [2.05, 4.69) is 0 Å². The van der Waals surface area contributed by atoms with Gasteiger partial charge in [-0.3, -0.25) is 0 Å². The number of aliphatic hydroxyl groups is 1. The van der Waals surface area contributed by atoms with E-state index in [-0.39, 0.29) is 0 Å². The maximum Gasteiger partial charge on any atom is 0.326 e. The fraction of sp³-hybridized carbons (Fsp3) is 0.100. The van der Waals surface area contributed by atoms with Crippen LogP contribution in [0.4, 0.5) is 0 Å². The molecular formula is C20H19O4P. The lowest BCUT2D eigenvalue weighted by Gasteiger charge is -2.23. The van der Waals surface area contributed by atoms with Crippen molar-refractivity contribution in [3.05, 3.63) is 90.5 Å². The predicted octanol–water partition coefficient (Wildman–Crippen LogP) is 5.16. The van der Waals surface area contributed by atoms with Crippen LogP contribution in [0.3, 0.4) is 0 Å². The molecule has 0 saturated carbocycles. The molecule has 0 amide bonds. The van der Waals surface area contributed by atoms with Crippen LogP contribution in [-0.4, -0.2) is 12.2 Å². The number of ether oxygens (including phenoxy) is 1. The Labute approximate surface area is 148 Å². The first-order valence-corrected chi connectivity index (χ1v) is 9.08. The summed E-state index contributed by atoms with van der Waals surface area (Å²) in [4.78, 5) is 0. The molecule has 3 aromatic carbocycles. The normalized spacial score (nSPS) is 11.8. The Morgan fingerprint density at radius 3 is 1.60 bits per heavy atom. The van der Waals surface area contributed by atoms with Crippen molar-refractivity contribution < 1.29 is 18.9 Å². The first-order chi connectivity index (χ1) is 12.3. The zero-order valence-corrected chi connectivity index (χ0v) is 14.7. The van der Waals surface area contributed by atoms with Gasteiger partial charge in [-0.1, -0.05) is 48.5 Å². The monoisotopic (exact) mass is 354 g/mol. The molecule has 5 heteroatoms. The van der Waals surface area contributed by atoms with Gasteiger partial charge in [0.15, 0.2) is 5.85 Å². The molecule has 1 unspecified atom stereocenters. The highest BCUT2D eigenvalue weighted by Gasteiger charge is 2.27. The highest BCUT2D eigenvalue weighted by molar-refractivity contribution is 7.48. The van der Waals surface area contributed by atoms with Crippen LogP contribution < -0.4 is 13.8 Å². The highest BCUT2D eigenvalue weighted by atomic mass is 31.2. The van der Waals surface area contributed by atoms with E-state index in [4.69, 9.17) is 13.8 Å². The van der Waals surface area contributed by atoms with Crippen molar-refractivity contribution in [2.24, 2.45) is 0 Å². The summed E-state index contributed by atoms with van der Waals surface area (Å²) in [6.07, 6.45) is 0. The molecule has 0 radical (unpaired) electrons. The number of aliphatic hydroxyl groups excluding tert-OH is 1. The van der Waals surface area contributed by atoms with E-state index in [9.17, 15) is 5.11 Å². The van der Waals surface area contributed by atoms with Crippen molar-refractivity contribution in [3.63, 3.8) is 0 Å². The first-order valence-electron chi connectivity index (χ1n) is 7.83. The summed E-state index contributed by atoms with van der Waals surface area (Å²) in [7, 11) is -0.0434. The van der Waals surface area contributed by atoms with Gasteiger partial charge in [-0.15, -0.1) is 0 Å². The number of hydrogen-bond donors (Lipinski definition) is 1. The highest BCUT2D eigenvalue weighted by Crippen LogP contribution is 2.51. The molecule has 0 aliphatic heterocycles. The molecule has 0 aliphatic carbocycles. The van der Waals surface area contributed by atoms with Crippen molar-refractivity contribution in [1.29, 1.82) is 0 Å². The molecular weight excluding hydrogens is 335 g/mol. The summed E-state index contributed by atoms with van der Waals surface area (Å²) in [6.45, 7) is 0. The molecule has 0 saturated heterocycles. The summed E-state index contributed by atoms with van der Waals surface area (Å²) in [5.41, 5.74) is 0.707. The van der Waals surface area contributed by atoms with Gasteiger partial charge in [0.25, 0.3) is 0 Å². The molecule has 3 aromatic rings. The van der Waals surface area contributed by atoms with Gasteiger partial charge in [-0.25, -0.2) is 0 Å². The molecule has 3 rings (SSSR count). The molecule has 0 bridgehead atoms. The second kappa shape index (κ2) is 8.52. The third kappa shape index (κ3) is 4.72. The van der Waals surface area contributed by atoms with E-state index in [1.54, 1.807) is 19.2 Å². The van der Waals surface area contributed by atoms with Gasteiger partial charge in [-0.05, 0) is 42.0 Å². The Morgan fingerprint density at radius 2 is 1.16 bits per heavy atom. The van der Waals surface area contributed by atoms with Gasteiger partial charge in [0, 0.05) is 0 Å². The van der Waals surface area contributed by atoms with Gasteiger partial charge >= 0.3 is 8.38 Å². The summed E-state index contributed by atoms with van der Waals surface area (Å²) < 4.78 is 17.1. The lowest BCUT2D eigenvalue weighted by Crippen LogP contribution is -2.06. The smallest absolute Gasteiger partial charge is 0.326 e. The lowest BCUT2D eigenvalue weighted by molar-refractivity contribution is 0.237. The number of benzene rings is 3. The van der Waals surface area contributed by atoms with Crippen LogP contribution in [0.25, 0.3) is 0 Å². The van der Waals surface area contributed by atoms with Gasteiger partial charge < -0.3 is 18.9 Å². The minimum absolute atomic E-state index is 0.650. The van der Waals surface area contributed by atoms with Crippen LogP contribution in [0.1, 0.15) is 11.4 Å². The van der Waals surface area contributed by atoms with E-state index >= 15 is 0 Å². The second-order valence-corrected chi connectivity index (χ2v) is 6.67. The van der Waals surface area contributed by atoms with Crippen molar-refractivity contribution in [2.75, 3.05) is 7.11 Å². The molecule has 0 aromatic heterocycles. The quantitative estimate of drug-likeness (QED) is 0.596. The van der Waals surface area contributed by atoms with Crippen molar-refractivity contribution >= 4 is 8.38 Å². The van der Waals surface area contributed by atoms with Crippen molar-refractivity contribution in [3.8, 4) is 17.2 Å². The van der Waals surface area contributed by atoms with Crippen LogP contribution in [0.2, 0.25) is 0 Å². The van der Waals surface area contributed by atoms with Crippen LogP contribution in [-0.2, 0) is 0 Å². The number of para-hydroxylation sites is 2. The fourth-order valence-electron chi connectivity index (χ4n) is 2.19. The average Bonchev–Trinajstić information content (AvgIpc) is 2.68. The molecule has 0 aliphatic rings. The van der Waals surface area contributed by atoms with E-state index in [0.717, 1.165) is 5.75 Å². The van der Waals surface area contributed by atoms with Gasteiger partial charge in [0.1, 0.15) is 17.2 Å². The molecule has 128 valence electrons. The van der Waals surface area contributed by atoms with Crippen molar-refractivity contribution in [2.45, 2.75) is 5.85 Å². The summed E-state index contributed by atoms with van der Waals surface area (Å²) in [6, 6.07) is 25.9. The standard InChI is InChI=1S/C20H19O4P/c1-22-17-14-12-16(13-15-17)20(21)25(23-18-8-4-2-5-9-18)24-19-10-6-3-7-11-19/h2-15,20-21H,1H3. The zero-order valence-electron chi connectivity index (χ0n) is 13.8. The van der Waals surface area contributed by atoms with Crippen LogP contribution in [0, 0.1) is 0 Å². The Bertz CT molecular complexity index is 721. The fourth-order valence-corrected chi connectivity index (χ4v) is 3.50. The maximum atomic E-state index is 10.8. The Hall–Kier alpha value is -2.55. The molecule has 25 heavy (non-hydrogen) atoms. The molecule has 0 fully saturated rings. The molecule has 1 N–H and O–H groups in total. The topological polar surface area (TPSA) is 47.9 Å². The molecule has 1 atom stereocenters. The van der Waals surface area contributed by atoms with Gasteiger partial charge in [0.2, 0.25) is 0 Å². The predicted molar refractivity (Wildman–Crippen MR) is 99.0 cm³/mol. The molecule has 0 heterocycles. The summed E-state index contributed by atoms with van der Waals surface area (Å²) >= 11 is 0. The van der Waals surface area contributed by atoms with E-state index in [1.165, 1.54) is 0 Å². The summed E-state index contributed by atoms with van der Waals surface area (Å²) in [5, 5.41) is 10.8. The molecule has 0 spiro atoms.